The molecular formula is C11H13ClF3NO3S. The summed E-state index contributed by atoms with van der Waals surface area (Å²) in [6, 6.07) is 3.28. The Morgan fingerprint density at radius 2 is 1.80 bits per heavy atom. The molecule has 0 saturated heterocycles. The summed E-state index contributed by atoms with van der Waals surface area (Å²) in [5, 5.41) is 9.26. The maximum atomic E-state index is 12.6. The average molecular weight is 332 g/mol. The van der Waals surface area contributed by atoms with Gasteiger partial charge in [0.05, 0.1) is 23.5 Å². The van der Waals surface area contributed by atoms with E-state index in [1.54, 1.807) is 0 Å². The Morgan fingerprint density at radius 1 is 1.30 bits per heavy atom. The summed E-state index contributed by atoms with van der Waals surface area (Å²) in [6.07, 6.45) is -4.62. The molecule has 2 atom stereocenters. The molecule has 1 rings (SSSR count). The van der Waals surface area contributed by atoms with Gasteiger partial charge in [-0.2, -0.15) is 13.2 Å². The molecule has 4 nitrogen and oxygen atoms in total. The van der Waals surface area contributed by atoms with Crippen molar-refractivity contribution in [3.8, 4) is 0 Å². The van der Waals surface area contributed by atoms with Gasteiger partial charge in [-0.3, -0.25) is 0 Å². The van der Waals surface area contributed by atoms with E-state index in [1.807, 2.05) is 4.72 Å². The minimum atomic E-state index is -4.62. The van der Waals surface area contributed by atoms with Crippen LogP contribution in [0.1, 0.15) is 6.92 Å². The van der Waals surface area contributed by atoms with Crippen molar-refractivity contribution in [2.45, 2.75) is 24.0 Å². The van der Waals surface area contributed by atoms with E-state index in [-0.39, 0.29) is 4.90 Å². The zero-order chi connectivity index (χ0) is 15.6. The smallest absolute Gasteiger partial charge is 0.393 e. The van der Waals surface area contributed by atoms with Gasteiger partial charge in [0.15, 0.2) is 0 Å². The quantitative estimate of drug-likeness (QED) is 0.869. The van der Waals surface area contributed by atoms with Crippen LogP contribution in [0.15, 0.2) is 29.2 Å². The summed E-state index contributed by atoms with van der Waals surface area (Å²) in [5.74, 6) is -2.02. The van der Waals surface area contributed by atoms with Gasteiger partial charge in [-0.1, -0.05) is 18.5 Å². The lowest BCUT2D eigenvalue weighted by molar-refractivity contribution is -0.178. The molecule has 0 fully saturated rings. The van der Waals surface area contributed by atoms with Crippen LogP contribution in [0.3, 0.4) is 0 Å². The molecule has 114 valence electrons. The monoisotopic (exact) mass is 331 g/mol. The Morgan fingerprint density at radius 3 is 2.20 bits per heavy atom. The second-order valence-electron chi connectivity index (χ2n) is 4.19. The molecule has 0 heterocycles. The molecule has 0 amide bonds. The van der Waals surface area contributed by atoms with E-state index in [9.17, 15) is 21.6 Å². The van der Waals surface area contributed by atoms with Crippen LogP contribution in [0.4, 0.5) is 13.2 Å². The molecule has 0 radical (unpaired) electrons. The van der Waals surface area contributed by atoms with Crippen molar-refractivity contribution in [3.05, 3.63) is 29.3 Å². The van der Waals surface area contributed by atoms with Crippen molar-refractivity contribution in [2.24, 2.45) is 5.92 Å². The van der Waals surface area contributed by atoms with Gasteiger partial charge in [0.25, 0.3) is 0 Å². The number of rotatable bonds is 5. The molecule has 0 aliphatic carbocycles. The fourth-order valence-corrected chi connectivity index (χ4v) is 2.84. The fraction of sp³-hybridized carbons (Fsp3) is 0.455. The Bertz CT molecular complexity index is 545. The maximum Gasteiger partial charge on any atom is 0.393 e. The van der Waals surface area contributed by atoms with Crippen molar-refractivity contribution in [1.82, 2.24) is 4.72 Å². The van der Waals surface area contributed by atoms with Gasteiger partial charge in [-0.15, -0.1) is 0 Å². The van der Waals surface area contributed by atoms with Gasteiger partial charge < -0.3 is 5.11 Å². The summed E-state index contributed by atoms with van der Waals surface area (Å²) < 4.78 is 63.3. The van der Waals surface area contributed by atoms with Gasteiger partial charge in [-0.05, 0) is 24.3 Å². The van der Waals surface area contributed by atoms with E-state index in [0.717, 1.165) is 19.1 Å². The van der Waals surface area contributed by atoms with Crippen molar-refractivity contribution < 1.29 is 26.7 Å². The molecule has 0 spiro atoms. The molecule has 0 aliphatic heterocycles. The van der Waals surface area contributed by atoms with E-state index >= 15 is 0 Å². The molecular weight excluding hydrogens is 319 g/mol. The topological polar surface area (TPSA) is 66.4 Å². The third kappa shape index (κ3) is 4.34. The SMILES string of the molecule is CC(C(CO)NS(=O)(=O)c1ccc(Cl)cc1)C(F)(F)F. The number of aliphatic hydroxyl groups excluding tert-OH is 1. The highest BCUT2D eigenvalue weighted by atomic mass is 35.5. The summed E-state index contributed by atoms with van der Waals surface area (Å²) in [7, 11) is -4.16. The Balaban J connectivity index is 2.96. The molecule has 0 saturated carbocycles. The first-order valence-corrected chi connectivity index (χ1v) is 7.39. The minimum Gasteiger partial charge on any atom is -0.395 e. The number of benzene rings is 1. The van der Waals surface area contributed by atoms with Gasteiger partial charge in [0.1, 0.15) is 0 Å². The minimum absolute atomic E-state index is 0.227. The lowest BCUT2D eigenvalue weighted by atomic mass is 10.0. The number of alkyl halides is 3. The molecule has 2 N–H and O–H groups in total. The van der Waals surface area contributed by atoms with Gasteiger partial charge in [0.2, 0.25) is 10.0 Å². The van der Waals surface area contributed by atoms with Crippen LogP contribution in [-0.2, 0) is 10.0 Å². The molecule has 9 heteroatoms. The van der Waals surface area contributed by atoms with Crippen LogP contribution in [0.25, 0.3) is 0 Å². The number of sulfonamides is 1. The van der Waals surface area contributed by atoms with Crippen molar-refractivity contribution in [1.29, 1.82) is 0 Å². The van der Waals surface area contributed by atoms with Crippen molar-refractivity contribution in [2.75, 3.05) is 6.61 Å². The van der Waals surface area contributed by atoms with Crippen LogP contribution in [0.5, 0.6) is 0 Å². The average Bonchev–Trinajstić information content (AvgIpc) is 2.34. The van der Waals surface area contributed by atoms with Crippen LogP contribution in [-0.4, -0.2) is 32.3 Å². The Labute approximate surface area is 119 Å². The van der Waals surface area contributed by atoms with Crippen LogP contribution in [0.2, 0.25) is 5.02 Å². The molecule has 1 aromatic carbocycles. The predicted molar refractivity (Wildman–Crippen MR) is 67.9 cm³/mol. The molecule has 1 aromatic rings. The van der Waals surface area contributed by atoms with Crippen molar-refractivity contribution >= 4 is 21.6 Å². The van der Waals surface area contributed by atoms with E-state index in [0.29, 0.717) is 5.02 Å². The van der Waals surface area contributed by atoms with E-state index < -0.39 is 34.8 Å². The molecule has 20 heavy (non-hydrogen) atoms. The molecule has 2 unspecified atom stereocenters. The van der Waals surface area contributed by atoms with Crippen LogP contribution in [0, 0.1) is 5.92 Å². The third-order valence-corrected chi connectivity index (χ3v) is 4.50. The number of hydrogen-bond donors (Lipinski definition) is 2. The lowest BCUT2D eigenvalue weighted by Gasteiger charge is -2.25. The zero-order valence-corrected chi connectivity index (χ0v) is 11.9. The number of hydrogen-bond acceptors (Lipinski definition) is 3. The molecule has 0 aromatic heterocycles. The Hall–Kier alpha value is -0.830. The third-order valence-electron chi connectivity index (χ3n) is 2.75. The van der Waals surface area contributed by atoms with Crippen LogP contribution < -0.4 is 4.72 Å². The highest BCUT2D eigenvalue weighted by Crippen LogP contribution is 2.29. The van der Waals surface area contributed by atoms with Gasteiger partial charge >= 0.3 is 6.18 Å². The number of nitrogens with one attached hydrogen (secondary N) is 1. The van der Waals surface area contributed by atoms with E-state index in [4.69, 9.17) is 16.7 Å². The number of halogens is 4. The largest absolute Gasteiger partial charge is 0.395 e. The summed E-state index contributed by atoms with van der Waals surface area (Å²) in [6.45, 7) is -0.168. The summed E-state index contributed by atoms with van der Waals surface area (Å²) >= 11 is 5.60. The first-order valence-electron chi connectivity index (χ1n) is 5.53. The molecule has 0 bridgehead atoms. The second-order valence-corrected chi connectivity index (χ2v) is 6.34. The Kier molecular flexibility index (Phi) is 5.42. The lowest BCUT2D eigenvalue weighted by Crippen LogP contribution is -2.46. The van der Waals surface area contributed by atoms with E-state index in [2.05, 4.69) is 0 Å². The predicted octanol–water partition coefficient (Wildman–Crippen LogP) is 2.18. The highest BCUT2D eigenvalue weighted by molar-refractivity contribution is 7.89. The van der Waals surface area contributed by atoms with Gasteiger partial charge in [0, 0.05) is 5.02 Å². The van der Waals surface area contributed by atoms with Gasteiger partial charge in [-0.25, -0.2) is 13.1 Å². The maximum absolute atomic E-state index is 12.6. The standard InChI is InChI=1S/C11H13ClF3NO3S/c1-7(11(13,14)15)10(6-17)16-20(18,19)9-4-2-8(12)3-5-9/h2-5,7,10,16-17H,6H2,1H3. The van der Waals surface area contributed by atoms with Crippen LogP contribution >= 0.6 is 11.6 Å². The summed E-state index contributed by atoms with van der Waals surface area (Å²) in [5.41, 5.74) is 0. The highest BCUT2D eigenvalue weighted by Gasteiger charge is 2.42. The molecule has 0 aliphatic rings. The summed E-state index contributed by atoms with van der Waals surface area (Å²) in [4.78, 5) is -0.227. The van der Waals surface area contributed by atoms with Crippen molar-refractivity contribution in [3.63, 3.8) is 0 Å². The first-order chi connectivity index (χ1) is 9.08. The normalized spacial score (nSPS) is 15.9. The number of aliphatic hydroxyl groups is 1. The van der Waals surface area contributed by atoms with E-state index in [1.165, 1.54) is 12.1 Å². The second kappa shape index (κ2) is 6.30. The zero-order valence-electron chi connectivity index (χ0n) is 10.4. The fourth-order valence-electron chi connectivity index (χ4n) is 1.41. The first kappa shape index (κ1) is 17.2.